The summed E-state index contributed by atoms with van der Waals surface area (Å²) in [6, 6.07) is 5.35. The van der Waals surface area contributed by atoms with Crippen molar-refractivity contribution in [2.45, 2.75) is 19.8 Å². The van der Waals surface area contributed by atoms with Crippen molar-refractivity contribution >= 4 is 17.6 Å². The van der Waals surface area contributed by atoms with Gasteiger partial charge in [0.1, 0.15) is 11.9 Å². The quantitative estimate of drug-likeness (QED) is 0.825. The molecule has 0 radical (unpaired) electrons. The summed E-state index contributed by atoms with van der Waals surface area (Å²) in [5.74, 6) is -1.50. The normalized spacial score (nSPS) is 9.53. The van der Waals surface area contributed by atoms with E-state index in [0.717, 1.165) is 6.07 Å². The maximum absolute atomic E-state index is 13.0. The van der Waals surface area contributed by atoms with Gasteiger partial charge in [-0.1, -0.05) is 0 Å². The first kappa shape index (κ1) is 14.6. The fourth-order valence-corrected chi connectivity index (χ4v) is 1.36. The number of carbonyl (C=O) groups excluding carboxylic acids is 2. The Morgan fingerprint density at radius 2 is 2.16 bits per heavy atom. The van der Waals surface area contributed by atoms with Gasteiger partial charge in [-0.3, -0.25) is 9.59 Å². The van der Waals surface area contributed by atoms with E-state index in [0.29, 0.717) is 5.69 Å². The molecule has 1 rings (SSSR count). The average Bonchev–Trinajstić information content (AvgIpc) is 2.39. The fourth-order valence-electron chi connectivity index (χ4n) is 1.36. The lowest BCUT2D eigenvalue weighted by atomic mass is 10.2. The molecule has 0 aliphatic rings. The van der Waals surface area contributed by atoms with Gasteiger partial charge in [0.25, 0.3) is 0 Å². The lowest BCUT2D eigenvalue weighted by Gasteiger charge is -2.05. The van der Waals surface area contributed by atoms with Gasteiger partial charge in [0, 0.05) is 12.1 Å². The number of carbonyl (C=O) groups is 2. The molecule has 0 fully saturated rings. The largest absolute Gasteiger partial charge is 0.466 e. The molecule has 0 aliphatic heterocycles. The van der Waals surface area contributed by atoms with E-state index in [-0.39, 0.29) is 25.0 Å². The van der Waals surface area contributed by atoms with Crippen LogP contribution in [0.4, 0.5) is 10.1 Å². The molecular formula is C13H13FN2O3. The zero-order chi connectivity index (χ0) is 14.3. The molecule has 0 spiro atoms. The Morgan fingerprint density at radius 3 is 2.79 bits per heavy atom. The van der Waals surface area contributed by atoms with E-state index in [2.05, 4.69) is 10.1 Å². The summed E-state index contributed by atoms with van der Waals surface area (Å²) < 4.78 is 17.7. The van der Waals surface area contributed by atoms with Crippen LogP contribution in [0.1, 0.15) is 25.3 Å². The molecule has 19 heavy (non-hydrogen) atoms. The molecule has 1 amide bonds. The van der Waals surface area contributed by atoms with Gasteiger partial charge in [-0.2, -0.15) is 5.26 Å². The van der Waals surface area contributed by atoms with Crippen LogP contribution in [-0.2, 0) is 14.3 Å². The molecule has 0 saturated heterocycles. The highest BCUT2D eigenvalue weighted by atomic mass is 19.1. The van der Waals surface area contributed by atoms with Gasteiger partial charge < -0.3 is 10.1 Å². The van der Waals surface area contributed by atoms with Gasteiger partial charge >= 0.3 is 5.97 Å². The van der Waals surface area contributed by atoms with Crippen LogP contribution < -0.4 is 5.32 Å². The molecule has 6 heteroatoms. The number of benzene rings is 1. The van der Waals surface area contributed by atoms with Crippen LogP contribution in [0.5, 0.6) is 0 Å². The van der Waals surface area contributed by atoms with E-state index in [9.17, 15) is 14.0 Å². The van der Waals surface area contributed by atoms with Crippen molar-refractivity contribution in [3.63, 3.8) is 0 Å². The summed E-state index contributed by atoms with van der Waals surface area (Å²) in [5.41, 5.74) is 0.162. The first-order valence-corrected chi connectivity index (χ1v) is 5.72. The number of esters is 1. The van der Waals surface area contributed by atoms with Crippen molar-refractivity contribution in [3.8, 4) is 6.07 Å². The van der Waals surface area contributed by atoms with Crippen LogP contribution in [0.2, 0.25) is 0 Å². The predicted octanol–water partition coefficient (Wildman–Crippen LogP) is 1.98. The van der Waals surface area contributed by atoms with Crippen LogP contribution in [0.25, 0.3) is 0 Å². The minimum atomic E-state index is -0.646. The Hall–Kier alpha value is -2.42. The molecule has 5 nitrogen and oxygen atoms in total. The summed E-state index contributed by atoms with van der Waals surface area (Å²) in [6.07, 6.45) is -0.0515. The number of nitrogens with zero attached hydrogens (tertiary/aromatic N) is 1. The van der Waals surface area contributed by atoms with Crippen molar-refractivity contribution in [2.75, 3.05) is 11.9 Å². The van der Waals surface area contributed by atoms with Crippen molar-refractivity contribution < 1.29 is 18.7 Å². The lowest BCUT2D eigenvalue weighted by Crippen LogP contribution is -2.14. The van der Waals surface area contributed by atoms with Gasteiger partial charge in [0.15, 0.2) is 0 Å². The highest BCUT2D eigenvalue weighted by molar-refractivity contribution is 5.92. The van der Waals surface area contributed by atoms with E-state index in [1.165, 1.54) is 12.1 Å². The lowest BCUT2D eigenvalue weighted by molar-refractivity contribution is -0.144. The standard InChI is InChI=1S/C13H13FN2O3/c1-2-19-13(18)6-5-12(17)16-10-3-4-11(14)9(7-10)8-15/h3-4,7H,2,5-6H2,1H3,(H,16,17). The SMILES string of the molecule is CCOC(=O)CCC(=O)Nc1ccc(F)c(C#N)c1. The number of anilines is 1. The molecule has 1 aromatic carbocycles. The summed E-state index contributed by atoms with van der Waals surface area (Å²) in [6.45, 7) is 1.95. The third-order valence-electron chi connectivity index (χ3n) is 2.23. The Labute approximate surface area is 110 Å². The average molecular weight is 264 g/mol. The second kappa shape index (κ2) is 7.11. The third kappa shape index (κ3) is 4.76. The van der Waals surface area contributed by atoms with E-state index in [4.69, 9.17) is 5.26 Å². The van der Waals surface area contributed by atoms with Gasteiger partial charge in [0.05, 0.1) is 18.6 Å². The summed E-state index contributed by atoms with van der Waals surface area (Å²) >= 11 is 0. The zero-order valence-corrected chi connectivity index (χ0v) is 10.4. The minimum absolute atomic E-state index is 0.0219. The van der Waals surface area contributed by atoms with E-state index < -0.39 is 17.7 Å². The molecule has 0 atom stereocenters. The molecule has 0 bridgehead atoms. The molecule has 1 N–H and O–H groups in total. The van der Waals surface area contributed by atoms with Gasteiger partial charge in [0.2, 0.25) is 5.91 Å². The number of ether oxygens (including phenoxy) is 1. The predicted molar refractivity (Wildman–Crippen MR) is 65.6 cm³/mol. The monoisotopic (exact) mass is 264 g/mol. The van der Waals surface area contributed by atoms with E-state index >= 15 is 0 Å². The molecule has 0 heterocycles. The van der Waals surface area contributed by atoms with Crippen molar-refractivity contribution in [1.82, 2.24) is 0 Å². The fraction of sp³-hybridized carbons (Fsp3) is 0.308. The van der Waals surface area contributed by atoms with Crippen molar-refractivity contribution in [2.24, 2.45) is 0 Å². The number of hydrogen-bond acceptors (Lipinski definition) is 4. The Balaban J connectivity index is 2.53. The molecule has 1 aromatic rings. The molecule has 0 aromatic heterocycles. The number of rotatable bonds is 5. The number of hydrogen-bond donors (Lipinski definition) is 1. The maximum Gasteiger partial charge on any atom is 0.306 e. The van der Waals surface area contributed by atoms with Gasteiger partial charge in [-0.25, -0.2) is 4.39 Å². The molecular weight excluding hydrogens is 251 g/mol. The highest BCUT2D eigenvalue weighted by Gasteiger charge is 2.09. The first-order chi connectivity index (χ1) is 9.06. The summed E-state index contributed by atoms with van der Waals surface area (Å²) in [7, 11) is 0. The van der Waals surface area contributed by atoms with Crippen LogP contribution in [0, 0.1) is 17.1 Å². The van der Waals surface area contributed by atoms with Crippen molar-refractivity contribution in [1.29, 1.82) is 5.26 Å². The zero-order valence-electron chi connectivity index (χ0n) is 10.4. The Bertz CT molecular complexity index is 523. The maximum atomic E-state index is 13.0. The van der Waals surface area contributed by atoms with Crippen molar-refractivity contribution in [3.05, 3.63) is 29.6 Å². The molecule has 0 unspecified atom stereocenters. The number of nitrogens with one attached hydrogen (secondary N) is 1. The Kier molecular flexibility index (Phi) is 5.48. The summed E-state index contributed by atoms with van der Waals surface area (Å²) in [4.78, 5) is 22.6. The molecule has 0 aliphatic carbocycles. The second-order valence-corrected chi connectivity index (χ2v) is 3.66. The summed E-state index contributed by atoms with van der Waals surface area (Å²) in [5, 5.41) is 11.1. The number of amides is 1. The van der Waals surface area contributed by atoms with Crippen LogP contribution in [0.3, 0.4) is 0 Å². The van der Waals surface area contributed by atoms with Crippen LogP contribution >= 0.6 is 0 Å². The smallest absolute Gasteiger partial charge is 0.306 e. The van der Waals surface area contributed by atoms with Gasteiger partial charge in [-0.15, -0.1) is 0 Å². The van der Waals surface area contributed by atoms with Crippen LogP contribution in [0.15, 0.2) is 18.2 Å². The number of nitriles is 1. The van der Waals surface area contributed by atoms with E-state index in [1.807, 2.05) is 0 Å². The number of halogens is 1. The highest BCUT2D eigenvalue weighted by Crippen LogP contribution is 2.14. The molecule has 100 valence electrons. The first-order valence-electron chi connectivity index (χ1n) is 5.72. The van der Waals surface area contributed by atoms with Gasteiger partial charge in [-0.05, 0) is 25.1 Å². The van der Waals surface area contributed by atoms with Crippen LogP contribution in [-0.4, -0.2) is 18.5 Å². The molecule has 0 saturated carbocycles. The van der Waals surface area contributed by atoms with E-state index in [1.54, 1.807) is 13.0 Å². The topological polar surface area (TPSA) is 79.2 Å². The Morgan fingerprint density at radius 1 is 1.42 bits per heavy atom. The second-order valence-electron chi connectivity index (χ2n) is 3.66. The third-order valence-corrected chi connectivity index (χ3v) is 2.23. The minimum Gasteiger partial charge on any atom is -0.466 e.